The minimum absolute atomic E-state index is 0.0389. The Morgan fingerprint density at radius 1 is 0.727 bits per heavy atom. The molecule has 0 amide bonds. The molecule has 12 heteroatoms. The van der Waals surface area contributed by atoms with Crippen molar-refractivity contribution >= 4 is 0 Å². The Kier molecular flexibility index (Phi) is 9.38. The van der Waals surface area contributed by atoms with Crippen molar-refractivity contribution in [2.75, 3.05) is 19.8 Å². The minimum Gasteiger partial charge on any atom is -0.494 e. The Bertz CT molecular complexity index is 716. The van der Waals surface area contributed by atoms with Crippen LogP contribution in [0.1, 0.15) is 12.5 Å². The molecule has 0 unspecified atom stereocenters. The van der Waals surface area contributed by atoms with E-state index in [1.807, 2.05) is 6.92 Å². The molecule has 10 atom stereocenters. The summed E-state index contributed by atoms with van der Waals surface area (Å²) < 4.78 is 27.1. The molecule has 1 aromatic rings. The van der Waals surface area contributed by atoms with Crippen molar-refractivity contribution in [2.24, 2.45) is 0 Å². The number of hydrogen-bond acceptors (Lipinski definition) is 12. The summed E-state index contributed by atoms with van der Waals surface area (Å²) in [6.07, 6.45) is -14.6. The maximum absolute atomic E-state index is 10.3. The Balaban J connectivity index is 1.57. The van der Waals surface area contributed by atoms with Gasteiger partial charge in [0.05, 0.1) is 26.4 Å². The summed E-state index contributed by atoms with van der Waals surface area (Å²) in [6.45, 7) is 1.40. The van der Waals surface area contributed by atoms with Gasteiger partial charge in [0, 0.05) is 0 Å². The van der Waals surface area contributed by atoms with Gasteiger partial charge >= 0.3 is 0 Å². The average Bonchev–Trinajstić information content (AvgIpc) is 2.82. The third-order valence-electron chi connectivity index (χ3n) is 5.59. The molecule has 0 bridgehead atoms. The highest BCUT2D eigenvalue weighted by molar-refractivity contribution is 5.26. The lowest BCUT2D eigenvalue weighted by Crippen LogP contribution is -2.61. The molecule has 0 saturated carbocycles. The molecule has 3 rings (SSSR count). The van der Waals surface area contributed by atoms with Gasteiger partial charge in [0.2, 0.25) is 0 Å². The van der Waals surface area contributed by atoms with Crippen LogP contribution in [0.4, 0.5) is 0 Å². The van der Waals surface area contributed by atoms with E-state index in [0.29, 0.717) is 12.4 Å². The summed E-state index contributed by atoms with van der Waals surface area (Å²) in [7, 11) is 0. The van der Waals surface area contributed by atoms with Crippen LogP contribution in [0.25, 0.3) is 0 Å². The van der Waals surface area contributed by atoms with Crippen LogP contribution in [0.15, 0.2) is 24.3 Å². The fourth-order valence-corrected chi connectivity index (χ4v) is 3.61. The van der Waals surface area contributed by atoms with Crippen molar-refractivity contribution in [3.63, 3.8) is 0 Å². The van der Waals surface area contributed by atoms with Crippen LogP contribution in [0.3, 0.4) is 0 Å². The molecule has 2 fully saturated rings. The standard InChI is InChI=1S/C21H32O12/c1-2-29-11-5-3-10(4-6-11)8-30-20-19(28)17(26)15(24)13(33-20)9-31-21-18(27)16(25)14(23)12(7-22)32-21/h3-6,12-28H,2,7-9H2,1H3/t12-,13-,14-,15-,16+,17+,18-,19-,20+,21-/m1/s1. The summed E-state index contributed by atoms with van der Waals surface area (Å²) in [5.41, 5.74) is 0.754. The van der Waals surface area contributed by atoms with E-state index >= 15 is 0 Å². The molecule has 0 aliphatic carbocycles. The molecule has 188 valence electrons. The van der Waals surface area contributed by atoms with Gasteiger partial charge in [-0.25, -0.2) is 0 Å². The van der Waals surface area contributed by atoms with Crippen LogP contribution in [-0.2, 0) is 25.6 Å². The molecule has 1 aromatic carbocycles. The lowest BCUT2D eigenvalue weighted by Gasteiger charge is -2.42. The van der Waals surface area contributed by atoms with Crippen molar-refractivity contribution in [2.45, 2.75) is 74.9 Å². The van der Waals surface area contributed by atoms with Gasteiger partial charge in [0.25, 0.3) is 0 Å². The van der Waals surface area contributed by atoms with Crippen LogP contribution < -0.4 is 4.74 Å². The van der Waals surface area contributed by atoms with Crippen LogP contribution in [0.5, 0.6) is 5.75 Å². The van der Waals surface area contributed by atoms with Gasteiger partial charge in [-0.15, -0.1) is 0 Å². The highest BCUT2D eigenvalue weighted by Crippen LogP contribution is 2.26. The fourth-order valence-electron chi connectivity index (χ4n) is 3.61. The second-order valence-electron chi connectivity index (χ2n) is 7.93. The SMILES string of the molecule is CCOc1ccc(CO[C@H]2O[C@H](CO[C@@H]3O[C@H](CO)[C@@H](O)[C@H](O)[C@H]3O)[C@@H](O)[C@H](O)[C@H]2O)cc1. The van der Waals surface area contributed by atoms with E-state index in [-0.39, 0.29) is 6.61 Å². The smallest absolute Gasteiger partial charge is 0.187 e. The van der Waals surface area contributed by atoms with Crippen LogP contribution >= 0.6 is 0 Å². The van der Waals surface area contributed by atoms with Gasteiger partial charge in [-0.1, -0.05) is 12.1 Å². The first-order valence-electron chi connectivity index (χ1n) is 10.7. The molecule has 12 nitrogen and oxygen atoms in total. The Morgan fingerprint density at radius 2 is 1.27 bits per heavy atom. The van der Waals surface area contributed by atoms with Crippen molar-refractivity contribution in [1.29, 1.82) is 0 Å². The maximum atomic E-state index is 10.3. The van der Waals surface area contributed by atoms with E-state index in [2.05, 4.69) is 0 Å². The normalized spacial score (nSPS) is 39.4. The van der Waals surface area contributed by atoms with E-state index < -0.39 is 74.6 Å². The number of aliphatic hydroxyl groups excluding tert-OH is 7. The second kappa shape index (κ2) is 11.8. The van der Waals surface area contributed by atoms with Gasteiger partial charge in [0.15, 0.2) is 12.6 Å². The molecular formula is C21H32O12. The van der Waals surface area contributed by atoms with E-state index in [1.165, 1.54) is 0 Å². The third-order valence-corrected chi connectivity index (χ3v) is 5.59. The van der Waals surface area contributed by atoms with Gasteiger partial charge in [0.1, 0.15) is 54.6 Å². The molecule has 2 heterocycles. The number of benzene rings is 1. The lowest BCUT2D eigenvalue weighted by atomic mass is 9.98. The Hall–Kier alpha value is -1.42. The highest BCUT2D eigenvalue weighted by atomic mass is 16.7. The van der Waals surface area contributed by atoms with Crippen LogP contribution in [-0.4, -0.2) is 117 Å². The first-order chi connectivity index (χ1) is 15.8. The summed E-state index contributed by atoms with van der Waals surface area (Å²) in [5, 5.41) is 69.7. The summed E-state index contributed by atoms with van der Waals surface area (Å²) in [4.78, 5) is 0. The highest BCUT2D eigenvalue weighted by Gasteiger charge is 2.47. The van der Waals surface area contributed by atoms with Gasteiger partial charge in [-0.2, -0.15) is 0 Å². The fraction of sp³-hybridized carbons (Fsp3) is 0.714. The second-order valence-corrected chi connectivity index (χ2v) is 7.93. The average molecular weight is 476 g/mol. The summed E-state index contributed by atoms with van der Waals surface area (Å²) in [5.74, 6) is 0.694. The zero-order chi connectivity index (χ0) is 24.1. The molecule has 0 spiro atoms. The number of rotatable bonds is 9. The number of hydrogen-bond donors (Lipinski definition) is 7. The van der Waals surface area contributed by atoms with Gasteiger partial charge in [-0.05, 0) is 24.6 Å². The number of aliphatic hydroxyl groups is 7. The topological polar surface area (TPSA) is 188 Å². The van der Waals surface area contributed by atoms with Crippen molar-refractivity contribution in [3.8, 4) is 5.75 Å². The summed E-state index contributed by atoms with van der Waals surface area (Å²) >= 11 is 0. The van der Waals surface area contributed by atoms with Crippen LogP contribution in [0.2, 0.25) is 0 Å². The Morgan fingerprint density at radius 3 is 1.85 bits per heavy atom. The summed E-state index contributed by atoms with van der Waals surface area (Å²) in [6, 6.07) is 7.06. The molecule has 33 heavy (non-hydrogen) atoms. The quantitative estimate of drug-likeness (QED) is 0.195. The largest absolute Gasteiger partial charge is 0.494 e. The van der Waals surface area contributed by atoms with Crippen molar-refractivity contribution in [1.82, 2.24) is 0 Å². The minimum atomic E-state index is -1.63. The molecule has 0 aromatic heterocycles. The van der Waals surface area contributed by atoms with Crippen molar-refractivity contribution < 1.29 is 59.4 Å². The monoisotopic (exact) mass is 476 g/mol. The van der Waals surface area contributed by atoms with E-state index in [4.69, 9.17) is 23.7 Å². The van der Waals surface area contributed by atoms with E-state index in [9.17, 15) is 35.7 Å². The first-order valence-corrected chi connectivity index (χ1v) is 10.7. The molecule has 7 N–H and O–H groups in total. The van der Waals surface area contributed by atoms with Crippen molar-refractivity contribution in [3.05, 3.63) is 29.8 Å². The van der Waals surface area contributed by atoms with E-state index in [1.54, 1.807) is 24.3 Å². The lowest BCUT2D eigenvalue weighted by molar-refractivity contribution is -0.332. The number of ether oxygens (including phenoxy) is 5. The van der Waals surface area contributed by atoms with Crippen LogP contribution in [0, 0.1) is 0 Å². The molecule has 2 aliphatic heterocycles. The first kappa shape index (κ1) is 26.2. The third kappa shape index (κ3) is 6.18. The van der Waals surface area contributed by atoms with E-state index in [0.717, 1.165) is 5.56 Å². The predicted octanol–water partition coefficient (Wildman–Crippen LogP) is -2.77. The Labute approximate surface area is 190 Å². The molecule has 2 aliphatic rings. The molecular weight excluding hydrogens is 444 g/mol. The van der Waals surface area contributed by atoms with Gasteiger partial charge < -0.3 is 59.4 Å². The maximum Gasteiger partial charge on any atom is 0.187 e. The zero-order valence-corrected chi connectivity index (χ0v) is 18.1. The predicted molar refractivity (Wildman–Crippen MR) is 109 cm³/mol. The van der Waals surface area contributed by atoms with Gasteiger partial charge in [-0.3, -0.25) is 0 Å². The molecule has 2 saturated heterocycles. The zero-order valence-electron chi connectivity index (χ0n) is 18.1. The molecule has 0 radical (unpaired) electrons.